The molecule has 1 aromatic carbocycles. The van der Waals surface area contributed by atoms with Crippen molar-refractivity contribution in [3.8, 4) is 0 Å². The second-order valence-corrected chi connectivity index (χ2v) is 5.32. The van der Waals surface area contributed by atoms with Crippen molar-refractivity contribution < 1.29 is 9.90 Å². The fourth-order valence-electron chi connectivity index (χ4n) is 1.92. The average Bonchev–Trinajstić information content (AvgIpc) is 2.36. The van der Waals surface area contributed by atoms with Gasteiger partial charge < -0.3 is 16.2 Å². The third-order valence-corrected chi connectivity index (χ3v) is 2.89. The lowest BCUT2D eigenvalue weighted by Gasteiger charge is -2.16. The van der Waals surface area contributed by atoms with Gasteiger partial charge in [0.25, 0.3) is 0 Å². The Morgan fingerprint density at radius 3 is 2.45 bits per heavy atom. The highest BCUT2D eigenvalue weighted by molar-refractivity contribution is 5.85. The van der Waals surface area contributed by atoms with Gasteiger partial charge in [-0.25, -0.2) is 0 Å². The maximum Gasteiger partial charge on any atom is 0.237 e. The molecule has 0 saturated carbocycles. The van der Waals surface area contributed by atoms with Crippen LogP contribution in [0.2, 0.25) is 0 Å². The number of aliphatic hydroxyl groups is 1. The summed E-state index contributed by atoms with van der Waals surface area (Å²) in [5.41, 5.74) is 6.81. The Morgan fingerprint density at radius 2 is 1.90 bits per heavy atom. The molecule has 4 nitrogen and oxygen atoms in total. The lowest BCUT2D eigenvalue weighted by molar-refractivity contribution is -0.123. The van der Waals surface area contributed by atoms with E-state index in [2.05, 4.69) is 5.32 Å². The molecule has 0 saturated heterocycles. The average molecular weight is 301 g/mol. The molecule has 0 aliphatic carbocycles. The molecule has 1 rings (SSSR count). The molecule has 1 aromatic rings. The normalized spacial score (nSPS) is 13.4. The van der Waals surface area contributed by atoms with Crippen LogP contribution >= 0.6 is 12.4 Å². The number of aliphatic hydroxyl groups excluding tert-OH is 1. The van der Waals surface area contributed by atoms with E-state index in [1.807, 2.05) is 44.2 Å². The molecule has 0 aromatic heterocycles. The first-order chi connectivity index (χ1) is 8.99. The third-order valence-electron chi connectivity index (χ3n) is 2.89. The van der Waals surface area contributed by atoms with Crippen LogP contribution in [-0.2, 0) is 11.2 Å². The molecule has 4 N–H and O–H groups in total. The van der Waals surface area contributed by atoms with E-state index >= 15 is 0 Å². The van der Waals surface area contributed by atoms with E-state index in [1.165, 1.54) is 0 Å². The Bertz CT molecular complexity index is 385. The molecule has 0 radical (unpaired) electrons. The van der Waals surface area contributed by atoms with Gasteiger partial charge in [-0.2, -0.15) is 0 Å². The number of halogens is 1. The first-order valence-corrected chi connectivity index (χ1v) is 6.74. The summed E-state index contributed by atoms with van der Waals surface area (Å²) in [6.07, 6.45) is 0.596. The highest BCUT2D eigenvalue weighted by atomic mass is 35.5. The number of nitrogens with two attached hydrogens (primary N) is 1. The quantitative estimate of drug-likeness (QED) is 0.714. The van der Waals surface area contributed by atoms with Gasteiger partial charge in [-0.1, -0.05) is 44.2 Å². The minimum atomic E-state index is -0.586. The molecule has 114 valence electrons. The maximum absolute atomic E-state index is 11.7. The summed E-state index contributed by atoms with van der Waals surface area (Å²) >= 11 is 0. The number of carbonyl (C=O) groups excluding carboxylic acids is 1. The van der Waals surface area contributed by atoms with Gasteiger partial charge in [0.15, 0.2) is 0 Å². The minimum Gasteiger partial charge on any atom is -0.391 e. The van der Waals surface area contributed by atoms with Gasteiger partial charge >= 0.3 is 0 Å². The summed E-state index contributed by atoms with van der Waals surface area (Å²) < 4.78 is 0. The Morgan fingerprint density at radius 1 is 1.30 bits per heavy atom. The molecule has 1 unspecified atom stereocenters. The Labute approximate surface area is 127 Å². The number of hydrogen-bond acceptors (Lipinski definition) is 3. The van der Waals surface area contributed by atoms with E-state index < -0.39 is 12.1 Å². The first kappa shape index (κ1) is 18.9. The lowest BCUT2D eigenvalue weighted by atomic mass is 10.0. The van der Waals surface area contributed by atoms with Crippen LogP contribution in [0, 0.1) is 5.92 Å². The summed E-state index contributed by atoms with van der Waals surface area (Å²) in [5, 5.41) is 12.6. The Balaban J connectivity index is 0.00000361. The van der Waals surface area contributed by atoms with Gasteiger partial charge in [-0.3, -0.25) is 4.79 Å². The smallest absolute Gasteiger partial charge is 0.237 e. The highest BCUT2D eigenvalue weighted by Crippen LogP contribution is 2.04. The van der Waals surface area contributed by atoms with E-state index in [1.54, 1.807) is 0 Å². The Kier molecular flexibility index (Phi) is 9.21. The van der Waals surface area contributed by atoms with E-state index in [0.717, 1.165) is 5.56 Å². The summed E-state index contributed by atoms with van der Waals surface area (Å²) in [4.78, 5) is 11.7. The van der Waals surface area contributed by atoms with E-state index in [9.17, 15) is 9.90 Å². The monoisotopic (exact) mass is 300 g/mol. The molecule has 0 heterocycles. The van der Waals surface area contributed by atoms with E-state index in [0.29, 0.717) is 18.8 Å². The van der Waals surface area contributed by atoms with Gasteiger partial charge in [0.2, 0.25) is 5.91 Å². The second kappa shape index (κ2) is 9.75. The summed E-state index contributed by atoms with van der Waals surface area (Å²) in [6.45, 7) is 4.29. The summed E-state index contributed by atoms with van der Waals surface area (Å²) in [5.74, 6) is 0.191. The van der Waals surface area contributed by atoms with Crippen molar-refractivity contribution in [2.75, 3.05) is 6.54 Å². The van der Waals surface area contributed by atoms with Gasteiger partial charge in [0, 0.05) is 13.0 Å². The van der Waals surface area contributed by atoms with Crippen molar-refractivity contribution in [2.24, 2.45) is 11.7 Å². The minimum absolute atomic E-state index is 0. The second-order valence-electron chi connectivity index (χ2n) is 5.32. The predicted octanol–water partition coefficient (Wildman–Crippen LogP) is 1.50. The number of rotatable bonds is 7. The molecule has 0 aliphatic rings. The fraction of sp³-hybridized carbons (Fsp3) is 0.533. The standard InChI is InChI=1S/C15H24N2O2.ClH/c1-11(2)8-14(16)15(19)17-10-13(18)9-12-6-4-3-5-7-12;/h3-7,11,13-14,18H,8-10,16H2,1-2H3,(H,17,19);1H/t13?,14-;/m0./s1. The predicted molar refractivity (Wildman–Crippen MR) is 83.8 cm³/mol. The van der Waals surface area contributed by atoms with Crippen LogP contribution in [0.1, 0.15) is 25.8 Å². The van der Waals surface area contributed by atoms with E-state index in [4.69, 9.17) is 5.73 Å². The third kappa shape index (κ3) is 7.48. The van der Waals surface area contributed by atoms with Crippen LogP contribution in [0.15, 0.2) is 30.3 Å². The zero-order valence-corrected chi connectivity index (χ0v) is 12.9. The molecular weight excluding hydrogens is 276 g/mol. The largest absolute Gasteiger partial charge is 0.391 e. The van der Waals surface area contributed by atoms with Crippen molar-refractivity contribution in [1.29, 1.82) is 0 Å². The number of benzene rings is 1. The topological polar surface area (TPSA) is 75.4 Å². The Hall–Kier alpha value is -1.10. The molecule has 20 heavy (non-hydrogen) atoms. The van der Waals surface area contributed by atoms with Crippen molar-refractivity contribution >= 4 is 18.3 Å². The van der Waals surface area contributed by atoms with Crippen LogP contribution in [0.3, 0.4) is 0 Å². The lowest BCUT2D eigenvalue weighted by Crippen LogP contribution is -2.44. The number of hydrogen-bond donors (Lipinski definition) is 3. The molecule has 0 fully saturated rings. The molecular formula is C15H25ClN2O2. The van der Waals surface area contributed by atoms with Crippen molar-refractivity contribution in [3.05, 3.63) is 35.9 Å². The summed E-state index contributed by atoms with van der Waals surface area (Å²) in [6, 6.07) is 9.20. The van der Waals surface area contributed by atoms with Gasteiger partial charge in [-0.15, -0.1) is 12.4 Å². The molecule has 5 heteroatoms. The van der Waals surface area contributed by atoms with Crippen LogP contribution in [-0.4, -0.2) is 29.7 Å². The van der Waals surface area contributed by atoms with Crippen molar-refractivity contribution in [3.63, 3.8) is 0 Å². The van der Waals surface area contributed by atoms with Crippen LogP contribution in [0.4, 0.5) is 0 Å². The molecule has 1 amide bonds. The zero-order chi connectivity index (χ0) is 14.3. The number of carbonyl (C=O) groups is 1. The van der Waals surface area contributed by atoms with Crippen LogP contribution in [0.25, 0.3) is 0 Å². The zero-order valence-electron chi connectivity index (χ0n) is 12.1. The number of nitrogens with one attached hydrogen (secondary N) is 1. The molecule has 0 spiro atoms. The summed E-state index contributed by atoms with van der Waals surface area (Å²) in [7, 11) is 0. The molecule has 0 bridgehead atoms. The number of amides is 1. The van der Waals surface area contributed by atoms with Crippen LogP contribution in [0.5, 0.6) is 0 Å². The van der Waals surface area contributed by atoms with Crippen molar-refractivity contribution in [1.82, 2.24) is 5.32 Å². The van der Waals surface area contributed by atoms with Gasteiger partial charge in [-0.05, 0) is 17.9 Å². The van der Waals surface area contributed by atoms with Gasteiger partial charge in [0.05, 0.1) is 12.1 Å². The SMILES string of the molecule is CC(C)C[C@H](N)C(=O)NCC(O)Cc1ccccc1.Cl. The van der Waals surface area contributed by atoms with Gasteiger partial charge in [0.1, 0.15) is 0 Å². The van der Waals surface area contributed by atoms with E-state index in [-0.39, 0.29) is 24.9 Å². The molecule has 2 atom stereocenters. The van der Waals surface area contributed by atoms with Crippen molar-refractivity contribution in [2.45, 2.75) is 38.8 Å². The molecule has 0 aliphatic heterocycles. The van der Waals surface area contributed by atoms with Crippen LogP contribution < -0.4 is 11.1 Å². The maximum atomic E-state index is 11.7. The first-order valence-electron chi connectivity index (χ1n) is 6.74. The fourth-order valence-corrected chi connectivity index (χ4v) is 1.92. The highest BCUT2D eigenvalue weighted by Gasteiger charge is 2.15.